The molecule has 0 unspecified atom stereocenters. The molecule has 114 valence electrons. The van der Waals surface area contributed by atoms with Crippen LogP contribution in [0, 0.1) is 6.92 Å². The first-order valence-electron chi connectivity index (χ1n) is 7.23. The number of hydrogen-bond donors (Lipinski definition) is 2. The number of nitrogens with one attached hydrogen (secondary N) is 2. The molecule has 0 fully saturated rings. The maximum absolute atomic E-state index is 12.2. The van der Waals surface area contributed by atoms with Gasteiger partial charge in [0.2, 0.25) is 0 Å². The number of para-hydroxylation sites is 2. The molecule has 3 rings (SSSR count). The highest BCUT2D eigenvalue weighted by Crippen LogP contribution is 2.15. The molecule has 5 heteroatoms. The summed E-state index contributed by atoms with van der Waals surface area (Å²) in [5.74, 6) is 0.307. The summed E-state index contributed by atoms with van der Waals surface area (Å²) >= 11 is 0. The second kappa shape index (κ2) is 6.70. The van der Waals surface area contributed by atoms with Crippen molar-refractivity contribution in [3.05, 3.63) is 78.2 Å². The van der Waals surface area contributed by atoms with Gasteiger partial charge in [0.1, 0.15) is 11.5 Å². The molecule has 3 aromatic rings. The molecule has 0 spiro atoms. The van der Waals surface area contributed by atoms with Gasteiger partial charge in [-0.2, -0.15) is 0 Å². The van der Waals surface area contributed by atoms with Crippen molar-refractivity contribution < 1.29 is 4.79 Å². The van der Waals surface area contributed by atoms with Gasteiger partial charge >= 0.3 is 0 Å². The number of carbonyl (C=O) groups excluding carboxylic acids is 1. The Bertz CT molecular complexity index is 801. The molecule has 2 N–H and O–H groups in total. The number of aromatic nitrogens is 2. The van der Waals surface area contributed by atoms with E-state index in [4.69, 9.17) is 0 Å². The normalized spacial score (nSPS) is 10.1. The average molecular weight is 304 g/mol. The summed E-state index contributed by atoms with van der Waals surface area (Å²) in [5.41, 5.74) is 2.95. The molecule has 2 aromatic carbocycles. The van der Waals surface area contributed by atoms with E-state index in [0.717, 1.165) is 16.9 Å². The van der Waals surface area contributed by atoms with Crippen molar-refractivity contribution in [2.75, 3.05) is 10.6 Å². The van der Waals surface area contributed by atoms with Crippen LogP contribution in [0.5, 0.6) is 0 Å². The topological polar surface area (TPSA) is 66.9 Å². The minimum Gasteiger partial charge on any atom is -0.339 e. The predicted molar refractivity (Wildman–Crippen MR) is 90.9 cm³/mol. The summed E-state index contributed by atoms with van der Waals surface area (Å²) in [6.45, 7) is 1.94. The first-order valence-corrected chi connectivity index (χ1v) is 7.23. The zero-order valence-electron chi connectivity index (χ0n) is 12.7. The second-order valence-corrected chi connectivity index (χ2v) is 5.05. The lowest BCUT2D eigenvalue weighted by atomic mass is 10.2. The van der Waals surface area contributed by atoms with Gasteiger partial charge in [0.15, 0.2) is 0 Å². The molecular formula is C18H16N4O. The van der Waals surface area contributed by atoms with Crippen LogP contribution in [0.25, 0.3) is 0 Å². The standard InChI is InChI=1S/C18H16N4O/c1-13-7-5-6-10-15(13)22-18(23)16-11-20-17(12-19-16)21-14-8-3-2-4-9-14/h2-12H,1H3,(H,20,21)(H,22,23). The van der Waals surface area contributed by atoms with Crippen molar-refractivity contribution in [2.24, 2.45) is 0 Å². The molecule has 0 aliphatic rings. The summed E-state index contributed by atoms with van der Waals surface area (Å²) < 4.78 is 0. The molecule has 0 radical (unpaired) electrons. The molecule has 0 saturated heterocycles. The van der Waals surface area contributed by atoms with Gasteiger partial charge in [0.25, 0.3) is 5.91 Å². The number of amides is 1. The molecule has 23 heavy (non-hydrogen) atoms. The Morgan fingerprint density at radius 1 is 0.913 bits per heavy atom. The van der Waals surface area contributed by atoms with Gasteiger partial charge in [-0.1, -0.05) is 36.4 Å². The largest absolute Gasteiger partial charge is 0.339 e. The molecule has 0 bridgehead atoms. The van der Waals surface area contributed by atoms with Gasteiger partial charge in [-0.25, -0.2) is 9.97 Å². The lowest BCUT2D eigenvalue weighted by Crippen LogP contribution is -2.15. The third kappa shape index (κ3) is 3.71. The van der Waals surface area contributed by atoms with Crippen molar-refractivity contribution in [1.29, 1.82) is 0 Å². The van der Waals surface area contributed by atoms with E-state index in [1.54, 1.807) is 6.20 Å². The first kappa shape index (κ1) is 14.7. The van der Waals surface area contributed by atoms with Crippen LogP contribution >= 0.6 is 0 Å². The van der Waals surface area contributed by atoms with Crippen molar-refractivity contribution >= 4 is 23.1 Å². The number of carbonyl (C=O) groups is 1. The zero-order valence-corrected chi connectivity index (χ0v) is 12.7. The Balaban J connectivity index is 1.69. The van der Waals surface area contributed by atoms with Crippen LogP contribution in [-0.4, -0.2) is 15.9 Å². The van der Waals surface area contributed by atoms with E-state index in [-0.39, 0.29) is 11.6 Å². The average Bonchev–Trinajstić information content (AvgIpc) is 2.58. The Hall–Kier alpha value is -3.21. The van der Waals surface area contributed by atoms with Crippen LogP contribution in [0.4, 0.5) is 17.2 Å². The van der Waals surface area contributed by atoms with E-state index < -0.39 is 0 Å². The van der Waals surface area contributed by atoms with Crippen LogP contribution in [0.1, 0.15) is 16.1 Å². The highest BCUT2D eigenvalue weighted by molar-refractivity contribution is 6.03. The van der Waals surface area contributed by atoms with E-state index in [1.165, 1.54) is 6.20 Å². The summed E-state index contributed by atoms with van der Waals surface area (Å²) in [4.78, 5) is 20.6. The van der Waals surface area contributed by atoms with Crippen LogP contribution in [0.15, 0.2) is 67.0 Å². The molecule has 0 aliphatic carbocycles. The SMILES string of the molecule is Cc1ccccc1NC(=O)c1cnc(Nc2ccccc2)cn1. The Kier molecular flexibility index (Phi) is 4.29. The lowest BCUT2D eigenvalue weighted by Gasteiger charge is -2.08. The predicted octanol–water partition coefficient (Wildman–Crippen LogP) is 3.78. The Labute approximate surface area is 134 Å². The minimum atomic E-state index is -0.280. The number of hydrogen-bond acceptors (Lipinski definition) is 4. The molecule has 0 saturated carbocycles. The number of nitrogens with zero attached hydrogens (tertiary/aromatic N) is 2. The third-order valence-corrected chi connectivity index (χ3v) is 3.32. The minimum absolute atomic E-state index is 0.270. The fourth-order valence-corrected chi connectivity index (χ4v) is 2.08. The summed E-state index contributed by atoms with van der Waals surface area (Å²) in [5, 5.41) is 5.96. The molecular weight excluding hydrogens is 288 g/mol. The van der Waals surface area contributed by atoms with Crippen molar-refractivity contribution in [1.82, 2.24) is 9.97 Å². The second-order valence-electron chi connectivity index (χ2n) is 5.05. The monoisotopic (exact) mass is 304 g/mol. The van der Waals surface area contributed by atoms with E-state index in [9.17, 15) is 4.79 Å². The van der Waals surface area contributed by atoms with E-state index in [0.29, 0.717) is 5.82 Å². The van der Waals surface area contributed by atoms with Crippen LogP contribution in [0.3, 0.4) is 0 Å². The molecule has 5 nitrogen and oxygen atoms in total. The summed E-state index contributed by atoms with van der Waals surface area (Å²) in [6.07, 6.45) is 3.00. The van der Waals surface area contributed by atoms with E-state index in [1.807, 2.05) is 61.5 Å². The fourth-order valence-electron chi connectivity index (χ4n) is 2.08. The van der Waals surface area contributed by atoms with Crippen molar-refractivity contribution in [3.8, 4) is 0 Å². The van der Waals surface area contributed by atoms with Crippen molar-refractivity contribution in [3.63, 3.8) is 0 Å². The lowest BCUT2D eigenvalue weighted by molar-refractivity contribution is 0.102. The number of aryl methyl sites for hydroxylation is 1. The zero-order chi connectivity index (χ0) is 16.1. The molecule has 0 atom stereocenters. The van der Waals surface area contributed by atoms with Crippen LogP contribution in [-0.2, 0) is 0 Å². The van der Waals surface area contributed by atoms with Gasteiger partial charge in [-0.3, -0.25) is 4.79 Å². The summed E-state index contributed by atoms with van der Waals surface area (Å²) in [6, 6.07) is 17.3. The quantitative estimate of drug-likeness (QED) is 0.769. The molecule has 1 heterocycles. The van der Waals surface area contributed by atoms with Crippen LogP contribution < -0.4 is 10.6 Å². The highest BCUT2D eigenvalue weighted by atomic mass is 16.1. The maximum atomic E-state index is 12.2. The number of benzene rings is 2. The molecule has 0 aliphatic heterocycles. The fraction of sp³-hybridized carbons (Fsp3) is 0.0556. The third-order valence-electron chi connectivity index (χ3n) is 3.32. The van der Waals surface area contributed by atoms with E-state index in [2.05, 4.69) is 20.6 Å². The molecule has 1 aromatic heterocycles. The van der Waals surface area contributed by atoms with Crippen LogP contribution in [0.2, 0.25) is 0 Å². The van der Waals surface area contributed by atoms with Crippen molar-refractivity contribution in [2.45, 2.75) is 6.92 Å². The van der Waals surface area contributed by atoms with Gasteiger partial charge in [0, 0.05) is 11.4 Å². The highest BCUT2D eigenvalue weighted by Gasteiger charge is 2.09. The maximum Gasteiger partial charge on any atom is 0.275 e. The number of anilines is 3. The van der Waals surface area contributed by atoms with E-state index >= 15 is 0 Å². The molecule has 1 amide bonds. The van der Waals surface area contributed by atoms with Gasteiger partial charge in [-0.05, 0) is 30.7 Å². The smallest absolute Gasteiger partial charge is 0.275 e. The van der Waals surface area contributed by atoms with Gasteiger partial charge in [0.05, 0.1) is 12.4 Å². The Morgan fingerprint density at radius 2 is 1.65 bits per heavy atom. The van der Waals surface area contributed by atoms with Gasteiger partial charge in [-0.15, -0.1) is 0 Å². The van der Waals surface area contributed by atoms with Gasteiger partial charge < -0.3 is 10.6 Å². The number of rotatable bonds is 4. The Morgan fingerprint density at radius 3 is 2.35 bits per heavy atom. The summed E-state index contributed by atoms with van der Waals surface area (Å²) in [7, 11) is 0. The first-order chi connectivity index (χ1) is 11.2.